The number of fused-ring (bicyclic) bond motifs is 1. The molecule has 0 spiro atoms. The highest BCUT2D eigenvalue weighted by Crippen LogP contribution is 2.16. The fraction of sp³-hybridized carbons (Fsp3) is 0.692. The molecule has 2 aromatic heterocycles. The van der Waals surface area contributed by atoms with Crippen molar-refractivity contribution in [3.8, 4) is 0 Å². The van der Waals surface area contributed by atoms with Crippen molar-refractivity contribution in [1.82, 2.24) is 24.1 Å². The summed E-state index contributed by atoms with van der Waals surface area (Å²) in [5.41, 5.74) is 0. The van der Waals surface area contributed by atoms with Gasteiger partial charge in [0.1, 0.15) is 11.6 Å². The van der Waals surface area contributed by atoms with Crippen LogP contribution in [0.4, 0.5) is 5.13 Å². The molecule has 0 radical (unpaired) electrons. The van der Waals surface area contributed by atoms with Crippen molar-refractivity contribution in [2.24, 2.45) is 0 Å². The fourth-order valence-electron chi connectivity index (χ4n) is 2.45. The first-order valence-corrected chi connectivity index (χ1v) is 8.10. The van der Waals surface area contributed by atoms with Crippen molar-refractivity contribution in [2.45, 2.75) is 45.2 Å². The van der Waals surface area contributed by atoms with E-state index in [-0.39, 0.29) is 0 Å². The minimum Gasteiger partial charge on any atom is -0.384 e. The Bertz CT molecular complexity index is 581. The average molecular weight is 308 g/mol. The summed E-state index contributed by atoms with van der Waals surface area (Å²) in [6.45, 7) is 2.31. The molecular weight excluding hydrogens is 288 g/mol. The normalized spacial score (nSPS) is 14.7. The van der Waals surface area contributed by atoms with Crippen LogP contribution in [0.15, 0.2) is 0 Å². The van der Waals surface area contributed by atoms with Crippen molar-refractivity contribution in [3.63, 3.8) is 0 Å². The molecule has 0 atom stereocenters. The average Bonchev–Trinajstić information content (AvgIpc) is 3.03. The lowest BCUT2D eigenvalue weighted by Crippen LogP contribution is -2.10. The van der Waals surface area contributed by atoms with E-state index in [0.717, 1.165) is 42.0 Å². The number of hydrogen-bond acceptors (Lipinski definition) is 7. The molecule has 3 heterocycles. The van der Waals surface area contributed by atoms with E-state index in [0.29, 0.717) is 13.2 Å². The molecule has 0 bridgehead atoms. The van der Waals surface area contributed by atoms with Gasteiger partial charge in [-0.15, -0.1) is 10.2 Å². The molecule has 7 nitrogen and oxygen atoms in total. The molecule has 0 amide bonds. The number of nitrogens with zero attached hydrogens (tertiary/aromatic N) is 5. The molecule has 3 rings (SSSR count). The Morgan fingerprint density at radius 3 is 3.14 bits per heavy atom. The second-order valence-electron chi connectivity index (χ2n) is 5.11. The Balaban J connectivity index is 1.60. The van der Waals surface area contributed by atoms with Gasteiger partial charge >= 0.3 is 0 Å². The molecule has 0 saturated heterocycles. The van der Waals surface area contributed by atoms with E-state index in [1.54, 1.807) is 7.11 Å². The SMILES string of the molecule is COCCc1nsc(NCc2nnc3n2CCCCC3)n1. The Hall–Kier alpha value is -1.54. The van der Waals surface area contributed by atoms with Gasteiger partial charge in [-0.05, 0) is 12.8 Å². The summed E-state index contributed by atoms with van der Waals surface area (Å²) < 4.78 is 11.6. The summed E-state index contributed by atoms with van der Waals surface area (Å²) in [6.07, 6.45) is 5.47. The van der Waals surface area contributed by atoms with E-state index in [4.69, 9.17) is 4.74 Å². The highest BCUT2D eigenvalue weighted by Gasteiger charge is 2.14. The van der Waals surface area contributed by atoms with Crippen molar-refractivity contribution in [2.75, 3.05) is 19.0 Å². The molecule has 114 valence electrons. The van der Waals surface area contributed by atoms with Gasteiger partial charge in [0.2, 0.25) is 5.13 Å². The van der Waals surface area contributed by atoms with Gasteiger partial charge in [-0.25, -0.2) is 4.98 Å². The first-order chi connectivity index (χ1) is 10.4. The van der Waals surface area contributed by atoms with E-state index < -0.39 is 0 Å². The van der Waals surface area contributed by atoms with Gasteiger partial charge in [0.05, 0.1) is 13.2 Å². The van der Waals surface area contributed by atoms with Crippen molar-refractivity contribution in [3.05, 3.63) is 17.5 Å². The van der Waals surface area contributed by atoms with Gasteiger partial charge in [0.25, 0.3) is 0 Å². The second-order valence-corrected chi connectivity index (χ2v) is 5.86. The van der Waals surface area contributed by atoms with Crippen LogP contribution in [0.2, 0.25) is 0 Å². The molecule has 8 heteroatoms. The second kappa shape index (κ2) is 6.95. The highest BCUT2D eigenvalue weighted by atomic mass is 32.1. The first kappa shape index (κ1) is 14.4. The van der Waals surface area contributed by atoms with Crippen LogP contribution in [0.1, 0.15) is 36.7 Å². The van der Waals surface area contributed by atoms with Gasteiger partial charge in [-0.2, -0.15) is 4.37 Å². The van der Waals surface area contributed by atoms with Crippen molar-refractivity contribution >= 4 is 16.7 Å². The van der Waals surface area contributed by atoms with E-state index in [9.17, 15) is 0 Å². The zero-order chi connectivity index (χ0) is 14.5. The minimum atomic E-state index is 0.645. The predicted molar refractivity (Wildman–Crippen MR) is 80.4 cm³/mol. The summed E-state index contributed by atoms with van der Waals surface area (Å²) in [5, 5.41) is 12.7. The van der Waals surface area contributed by atoms with Crippen LogP contribution >= 0.6 is 11.5 Å². The van der Waals surface area contributed by atoms with E-state index in [1.807, 2.05) is 0 Å². The van der Waals surface area contributed by atoms with E-state index in [1.165, 1.54) is 30.8 Å². The monoisotopic (exact) mass is 308 g/mol. The van der Waals surface area contributed by atoms with Crippen LogP contribution in [0, 0.1) is 0 Å². The lowest BCUT2D eigenvalue weighted by atomic mass is 10.2. The summed E-state index contributed by atoms with van der Waals surface area (Å²) >= 11 is 1.38. The van der Waals surface area contributed by atoms with Crippen molar-refractivity contribution < 1.29 is 4.74 Å². The largest absolute Gasteiger partial charge is 0.384 e. The molecule has 21 heavy (non-hydrogen) atoms. The van der Waals surface area contributed by atoms with Crippen LogP contribution in [-0.4, -0.2) is 37.8 Å². The third-order valence-corrected chi connectivity index (χ3v) is 4.29. The molecule has 1 N–H and O–H groups in total. The van der Waals surface area contributed by atoms with Crippen LogP contribution in [0.3, 0.4) is 0 Å². The van der Waals surface area contributed by atoms with Crippen LogP contribution in [0.25, 0.3) is 0 Å². The van der Waals surface area contributed by atoms with E-state index in [2.05, 4.69) is 29.4 Å². The minimum absolute atomic E-state index is 0.645. The number of hydrogen-bond donors (Lipinski definition) is 1. The quantitative estimate of drug-likeness (QED) is 0.874. The number of anilines is 1. The Morgan fingerprint density at radius 2 is 2.24 bits per heavy atom. The van der Waals surface area contributed by atoms with E-state index >= 15 is 0 Å². The zero-order valence-electron chi connectivity index (χ0n) is 12.2. The molecule has 0 unspecified atom stereocenters. The molecule has 0 aliphatic carbocycles. The van der Waals surface area contributed by atoms with Gasteiger partial charge < -0.3 is 14.6 Å². The molecule has 1 aliphatic rings. The topological polar surface area (TPSA) is 77.8 Å². The highest BCUT2D eigenvalue weighted by molar-refractivity contribution is 7.09. The molecular formula is C13H20N6OS. The van der Waals surface area contributed by atoms with Gasteiger partial charge in [-0.1, -0.05) is 6.42 Å². The maximum absolute atomic E-state index is 5.03. The Labute approximate surface area is 127 Å². The number of aryl methyl sites for hydroxylation is 1. The van der Waals surface area contributed by atoms with Crippen LogP contribution < -0.4 is 5.32 Å². The Kier molecular flexibility index (Phi) is 4.76. The molecule has 0 fully saturated rings. The number of ether oxygens (including phenoxy) is 1. The smallest absolute Gasteiger partial charge is 0.202 e. The third kappa shape index (κ3) is 3.56. The van der Waals surface area contributed by atoms with Crippen LogP contribution in [0.5, 0.6) is 0 Å². The standard InChI is InChI=1S/C13H20N6OS/c1-20-8-6-10-15-13(21-18-10)14-9-12-17-16-11-5-3-2-4-7-19(11)12/h2-9H2,1H3,(H,14,15,18). The maximum Gasteiger partial charge on any atom is 0.202 e. The molecule has 0 saturated carbocycles. The van der Waals surface area contributed by atoms with Gasteiger partial charge in [0, 0.05) is 38.0 Å². The fourth-order valence-corrected chi connectivity index (χ4v) is 3.06. The lowest BCUT2D eigenvalue weighted by molar-refractivity contribution is 0.201. The number of methoxy groups -OCH3 is 1. The molecule has 0 aromatic carbocycles. The molecule has 2 aromatic rings. The maximum atomic E-state index is 5.03. The number of nitrogens with one attached hydrogen (secondary N) is 1. The summed E-state index contributed by atoms with van der Waals surface area (Å²) in [7, 11) is 1.68. The molecule has 1 aliphatic heterocycles. The van der Waals surface area contributed by atoms with Crippen molar-refractivity contribution in [1.29, 1.82) is 0 Å². The lowest BCUT2D eigenvalue weighted by Gasteiger charge is -2.06. The van der Waals surface area contributed by atoms with Gasteiger partial charge in [-0.3, -0.25) is 0 Å². The van der Waals surface area contributed by atoms with Crippen LogP contribution in [-0.2, 0) is 30.7 Å². The zero-order valence-corrected chi connectivity index (χ0v) is 13.0. The third-order valence-electron chi connectivity index (χ3n) is 3.58. The summed E-state index contributed by atoms with van der Waals surface area (Å²) in [4.78, 5) is 4.44. The summed E-state index contributed by atoms with van der Waals surface area (Å²) in [6, 6.07) is 0. The Morgan fingerprint density at radius 1 is 1.29 bits per heavy atom. The number of rotatable bonds is 6. The predicted octanol–water partition coefficient (Wildman–Crippen LogP) is 1.66. The van der Waals surface area contributed by atoms with Gasteiger partial charge in [0.15, 0.2) is 5.82 Å². The summed E-state index contributed by atoms with van der Waals surface area (Å²) in [5.74, 6) is 2.92. The first-order valence-electron chi connectivity index (χ1n) is 7.33. The number of aromatic nitrogens is 5.